The lowest BCUT2D eigenvalue weighted by molar-refractivity contribution is 0.485. The van der Waals surface area contributed by atoms with Crippen molar-refractivity contribution < 1.29 is 4.74 Å². The molecule has 3 nitrogen and oxygen atoms in total. The highest BCUT2D eigenvalue weighted by molar-refractivity contribution is 7.80. The Morgan fingerprint density at radius 2 is 1.85 bits per heavy atom. The van der Waals surface area contributed by atoms with E-state index in [-0.39, 0.29) is 0 Å². The van der Waals surface area contributed by atoms with E-state index in [1.54, 1.807) is 19.2 Å². The van der Waals surface area contributed by atoms with Crippen LogP contribution in [-0.4, -0.2) is 12.2 Å². The van der Waals surface area contributed by atoms with Crippen LogP contribution in [0.4, 0.5) is 5.69 Å². The van der Waals surface area contributed by atoms with Crippen molar-refractivity contribution in [2.24, 2.45) is 0 Å². The molecule has 0 fully saturated rings. The van der Waals surface area contributed by atoms with Crippen molar-refractivity contribution in [1.29, 1.82) is 0 Å². The summed E-state index contributed by atoms with van der Waals surface area (Å²) >= 11 is 11.1. The Kier molecular flexibility index (Phi) is 4.82. The molecule has 0 aliphatic carbocycles. The number of ether oxygens (including phenoxy) is 1. The Morgan fingerprint density at radius 1 is 1.15 bits per heavy atom. The van der Waals surface area contributed by atoms with Crippen LogP contribution in [0.25, 0.3) is 0 Å². The predicted octanol–water partition coefficient (Wildman–Crippen LogP) is 4.36. The van der Waals surface area contributed by atoms with Crippen molar-refractivity contribution in [2.75, 3.05) is 12.4 Å². The fraction of sp³-hybridized carbons (Fsp3) is 0.133. The fourth-order valence-corrected chi connectivity index (χ4v) is 1.89. The normalized spacial score (nSPS) is 9.95. The minimum atomic E-state index is 0.501. The first kappa shape index (κ1) is 14.6. The quantitative estimate of drug-likeness (QED) is 0.826. The summed E-state index contributed by atoms with van der Waals surface area (Å²) in [7, 11) is 1.75. The van der Waals surface area contributed by atoms with E-state index >= 15 is 0 Å². The van der Waals surface area contributed by atoms with Gasteiger partial charge in [0.25, 0.3) is 0 Å². The van der Waals surface area contributed by atoms with E-state index in [9.17, 15) is 0 Å². The molecule has 2 aromatic rings. The van der Waals surface area contributed by atoms with E-state index in [4.69, 9.17) is 28.6 Å². The Balaban J connectivity index is 2.26. The SMILES string of the molecule is CNC(=S)Nc1cc(Cl)ccc1Oc1ccc(C)cc1. The predicted molar refractivity (Wildman–Crippen MR) is 88.0 cm³/mol. The maximum Gasteiger partial charge on any atom is 0.170 e. The van der Waals surface area contributed by atoms with Gasteiger partial charge < -0.3 is 15.4 Å². The van der Waals surface area contributed by atoms with Crippen LogP contribution in [0.1, 0.15) is 5.56 Å². The van der Waals surface area contributed by atoms with Crippen molar-refractivity contribution in [3.8, 4) is 11.5 Å². The number of nitrogens with one attached hydrogen (secondary N) is 2. The Labute approximate surface area is 128 Å². The lowest BCUT2D eigenvalue weighted by atomic mass is 10.2. The van der Waals surface area contributed by atoms with Crippen LogP contribution in [0, 0.1) is 6.92 Å². The Bertz CT molecular complexity index is 614. The zero-order valence-electron chi connectivity index (χ0n) is 11.2. The van der Waals surface area contributed by atoms with Crippen LogP contribution >= 0.6 is 23.8 Å². The summed E-state index contributed by atoms with van der Waals surface area (Å²) in [6.45, 7) is 2.03. The average Bonchev–Trinajstić information content (AvgIpc) is 2.44. The van der Waals surface area contributed by atoms with Crippen molar-refractivity contribution in [1.82, 2.24) is 5.32 Å². The number of aryl methyl sites for hydroxylation is 1. The Morgan fingerprint density at radius 3 is 2.50 bits per heavy atom. The zero-order chi connectivity index (χ0) is 14.5. The maximum atomic E-state index is 6.01. The van der Waals surface area contributed by atoms with Crippen LogP contribution in [0.3, 0.4) is 0 Å². The third-order valence-electron chi connectivity index (χ3n) is 2.67. The smallest absolute Gasteiger partial charge is 0.170 e. The second-order valence-corrected chi connectivity index (χ2v) is 5.10. The van der Waals surface area contributed by atoms with Crippen LogP contribution in [0.2, 0.25) is 5.02 Å². The first-order valence-electron chi connectivity index (χ1n) is 6.11. The third kappa shape index (κ3) is 3.85. The number of thiocarbonyl (C=S) groups is 1. The molecule has 0 atom stereocenters. The zero-order valence-corrected chi connectivity index (χ0v) is 12.8. The molecule has 2 N–H and O–H groups in total. The van der Waals surface area contributed by atoms with Crippen molar-refractivity contribution in [2.45, 2.75) is 6.92 Å². The summed E-state index contributed by atoms with van der Waals surface area (Å²) in [5, 5.41) is 7.01. The third-order valence-corrected chi connectivity index (χ3v) is 3.21. The molecule has 0 saturated heterocycles. The van der Waals surface area contributed by atoms with Crippen molar-refractivity contribution in [3.63, 3.8) is 0 Å². The molecule has 0 radical (unpaired) electrons. The molecule has 20 heavy (non-hydrogen) atoms. The van der Waals surface area contributed by atoms with E-state index in [0.29, 0.717) is 15.9 Å². The molecule has 0 amide bonds. The lowest BCUT2D eigenvalue weighted by Crippen LogP contribution is -2.24. The van der Waals surface area contributed by atoms with Gasteiger partial charge in [0.15, 0.2) is 10.9 Å². The molecular formula is C15H15ClN2OS. The van der Waals surface area contributed by atoms with Crippen molar-refractivity contribution in [3.05, 3.63) is 53.1 Å². The van der Waals surface area contributed by atoms with Gasteiger partial charge in [-0.3, -0.25) is 0 Å². The molecule has 0 aliphatic rings. The number of hydrogen-bond acceptors (Lipinski definition) is 2. The summed E-state index contributed by atoms with van der Waals surface area (Å²) in [6, 6.07) is 13.2. The molecule has 0 bridgehead atoms. The second kappa shape index (κ2) is 6.59. The van der Waals surface area contributed by atoms with Crippen LogP contribution in [0.5, 0.6) is 11.5 Å². The molecule has 2 aromatic carbocycles. The highest BCUT2D eigenvalue weighted by atomic mass is 35.5. The summed E-state index contributed by atoms with van der Waals surface area (Å²) in [5.74, 6) is 1.42. The minimum Gasteiger partial charge on any atom is -0.455 e. The van der Waals surface area contributed by atoms with Gasteiger partial charge in [-0.05, 0) is 49.5 Å². The maximum absolute atomic E-state index is 6.01. The molecule has 0 aromatic heterocycles. The highest BCUT2D eigenvalue weighted by Crippen LogP contribution is 2.32. The number of anilines is 1. The molecule has 0 saturated carbocycles. The van der Waals surface area contributed by atoms with E-state index in [1.807, 2.05) is 37.3 Å². The minimum absolute atomic E-state index is 0.501. The largest absolute Gasteiger partial charge is 0.455 e. The van der Waals surface area contributed by atoms with Gasteiger partial charge >= 0.3 is 0 Å². The van der Waals surface area contributed by atoms with E-state index in [1.165, 1.54) is 5.56 Å². The standard InChI is InChI=1S/C15H15ClN2OS/c1-10-3-6-12(7-4-10)19-14-8-5-11(16)9-13(14)18-15(20)17-2/h3-9H,1-2H3,(H2,17,18,20). The summed E-state index contributed by atoms with van der Waals surface area (Å²) in [4.78, 5) is 0. The first-order valence-corrected chi connectivity index (χ1v) is 6.90. The molecule has 0 spiro atoms. The topological polar surface area (TPSA) is 33.3 Å². The molecule has 5 heteroatoms. The van der Waals surface area contributed by atoms with Crippen molar-refractivity contribution >= 4 is 34.6 Å². The molecule has 2 rings (SSSR count). The molecule has 0 heterocycles. The Hall–Kier alpha value is -1.78. The van der Waals surface area contributed by atoms with Gasteiger partial charge in [-0.25, -0.2) is 0 Å². The average molecular weight is 307 g/mol. The van der Waals surface area contributed by atoms with Gasteiger partial charge in [0.1, 0.15) is 5.75 Å². The summed E-state index contributed by atoms with van der Waals surface area (Å²) in [5.41, 5.74) is 1.90. The molecule has 0 aliphatic heterocycles. The summed E-state index contributed by atoms with van der Waals surface area (Å²) in [6.07, 6.45) is 0. The van der Waals surface area contributed by atoms with E-state index in [2.05, 4.69) is 10.6 Å². The van der Waals surface area contributed by atoms with Gasteiger partial charge in [-0.2, -0.15) is 0 Å². The van der Waals surface area contributed by atoms with E-state index < -0.39 is 0 Å². The highest BCUT2D eigenvalue weighted by Gasteiger charge is 2.07. The second-order valence-electron chi connectivity index (χ2n) is 4.26. The van der Waals surface area contributed by atoms with E-state index in [0.717, 1.165) is 11.4 Å². The first-order chi connectivity index (χ1) is 9.58. The number of benzene rings is 2. The van der Waals surface area contributed by atoms with Gasteiger partial charge in [-0.15, -0.1) is 0 Å². The molecule has 0 unspecified atom stereocenters. The van der Waals surface area contributed by atoms with Crippen LogP contribution in [0.15, 0.2) is 42.5 Å². The number of halogens is 1. The number of rotatable bonds is 3. The van der Waals surface area contributed by atoms with Gasteiger partial charge in [-0.1, -0.05) is 29.3 Å². The van der Waals surface area contributed by atoms with Gasteiger partial charge in [0.05, 0.1) is 5.69 Å². The lowest BCUT2D eigenvalue weighted by Gasteiger charge is -2.14. The molecule has 104 valence electrons. The molecular weight excluding hydrogens is 292 g/mol. The van der Waals surface area contributed by atoms with Gasteiger partial charge in [0, 0.05) is 12.1 Å². The number of hydrogen-bond donors (Lipinski definition) is 2. The van der Waals surface area contributed by atoms with Crippen LogP contribution < -0.4 is 15.4 Å². The van der Waals surface area contributed by atoms with Crippen LogP contribution in [-0.2, 0) is 0 Å². The van der Waals surface area contributed by atoms with Gasteiger partial charge in [0.2, 0.25) is 0 Å². The fourth-order valence-electron chi connectivity index (χ4n) is 1.61. The summed E-state index contributed by atoms with van der Waals surface area (Å²) < 4.78 is 5.86. The monoisotopic (exact) mass is 306 g/mol.